The average Bonchev–Trinajstić information content (AvgIpc) is 3.03. The van der Waals surface area contributed by atoms with Gasteiger partial charge in [0.2, 0.25) is 5.91 Å². The zero-order chi connectivity index (χ0) is 14.3. The summed E-state index contributed by atoms with van der Waals surface area (Å²) in [5, 5.41) is 3.59. The highest BCUT2D eigenvalue weighted by Gasteiger charge is 2.38. The van der Waals surface area contributed by atoms with Gasteiger partial charge < -0.3 is 11.1 Å². The zero-order valence-corrected chi connectivity index (χ0v) is 12.1. The van der Waals surface area contributed by atoms with E-state index >= 15 is 0 Å². The number of amides is 1. The van der Waals surface area contributed by atoms with Crippen LogP contribution in [-0.2, 0) is 0 Å². The van der Waals surface area contributed by atoms with Crippen LogP contribution in [0.5, 0.6) is 0 Å². The number of hydrogen-bond donors (Lipinski definition) is 2. The molecule has 3 heteroatoms. The van der Waals surface area contributed by atoms with Crippen LogP contribution in [0.3, 0.4) is 0 Å². The smallest absolute Gasteiger partial charge is 0.249 e. The summed E-state index contributed by atoms with van der Waals surface area (Å²) in [5.74, 6) is 1.85. The summed E-state index contributed by atoms with van der Waals surface area (Å²) in [6.07, 6.45) is 7.34. The minimum absolute atomic E-state index is 0.360. The molecule has 4 unspecified atom stereocenters. The van der Waals surface area contributed by atoms with Crippen LogP contribution in [0.2, 0.25) is 0 Å². The first-order valence-electron chi connectivity index (χ1n) is 7.40. The number of nitrogens with two attached hydrogens (primary N) is 1. The van der Waals surface area contributed by atoms with Gasteiger partial charge in [-0.25, -0.2) is 0 Å². The zero-order valence-electron chi connectivity index (χ0n) is 12.1. The molecule has 0 saturated heterocycles. The lowest BCUT2D eigenvalue weighted by atomic mass is 9.87. The molecule has 1 saturated carbocycles. The lowest BCUT2D eigenvalue weighted by Crippen LogP contribution is -2.29. The number of fused-ring (bicyclic) bond motifs is 2. The number of allylic oxidation sites excluding steroid dienone is 2. The minimum Gasteiger partial charge on any atom is -0.382 e. The van der Waals surface area contributed by atoms with Gasteiger partial charge in [0.25, 0.3) is 0 Å². The predicted octanol–water partition coefficient (Wildman–Crippen LogP) is 3.11. The van der Waals surface area contributed by atoms with Gasteiger partial charge in [0.15, 0.2) is 0 Å². The van der Waals surface area contributed by atoms with Gasteiger partial charge in [-0.15, -0.1) is 0 Å². The number of anilines is 1. The number of carbonyl (C=O) groups is 1. The van der Waals surface area contributed by atoms with Crippen molar-refractivity contribution in [1.29, 1.82) is 0 Å². The van der Waals surface area contributed by atoms with Crippen LogP contribution in [0, 0.1) is 24.7 Å². The third-order valence-electron chi connectivity index (χ3n) is 4.95. The number of nitrogens with one attached hydrogen (secondary N) is 1. The van der Waals surface area contributed by atoms with Crippen molar-refractivity contribution in [2.45, 2.75) is 32.7 Å². The monoisotopic (exact) mass is 270 g/mol. The predicted molar refractivity (Wildman–Crippen MR) is 81.6 cm³/mol. The van der Waals surface area contributed by atoms with Crippen LogP contribution >= 0.6 is 0 Å². The van der Waals surface area contributed by atoms with E-state index in [0.717, 1.165) is 23.1 Å². The molecule has 4 atom stereocenters. The third kappa shape index (κ3) is 2.21. The number of benzene rings is 1. The first kappa shape index (κ1) is 13.2. The van der Waals surface area contributed by atoms with Gasteiger partial charge in [-0.1, -0.05) is 18.2 Å². The molecule has 0 radical (unpaired) electrons. The van der Waals surface area contributed by atoms with Gasteiger partial charge in [0.05, 0.1) is 0 Å². The highest BCUT2D eigenvalue weighted by molar-refractivity contribution is 5.95. The fourth-order valence-corrected chi connectivity index (χ4v) is 3.81. The minimum atomic E-state index is -0.360. The molecule has 3 nitrogen and oxygen atoms in total. The molecule has 0 heterocycles. The topological polar surface area (TPSA) is 55.1 Å². The average molecular weight is 270 g/mol. The van der Waals surface area contributed by atoms with E-state index in [1.54, 1.807) is 6.07 Å². The second-order valence-corrected chi connectivity index (χ2v) is 6.22. The van der Waals surface area contributed by atoms with Crippen molar-refractivity contribution in [3.63, 3.8) is 0 Å². The van der Waals surface area contributed by atoms with Crippen molar-refractivity contribution in [2.24, 2.45) is 23.5 Å². The van der Waals surface area contributed by atoms with Crippen molar-refractivity contribution < 1.29 is 4.79 Å². The first-order chi connectivity index (χ1) is 9.56. The Labute approximate surface area is 120 Å². The summed E-state index contributed by atoms with van der Waals surface area (Å²) < 4.78 is 0. The molecule has 2 bridgehead atoms. The molecule has 3 rings (SSSR count). The highest BCUT2D eigenvalue weighted by Crippen LogP contribution is 2.45. The third-order valence-corrected chi connectivity index (χ3v) is 4.95. The van der Waals surface area contributed by atoms with Crippen LogP contribution in [-0.4, -0.2) is 11.9 Å². The second-order valence-electron chi connectivity index (χ2n) is 6.22. The molecule has 1 fully saturated rings. The van der Waals surface area contributed by atoms with Crippen LogP contribution in [0.15, 0.2) is 30.4 Å². The largest absolute Gasteiger partial charge is 0.382 e. The van der Waals surface area contributed by atoms with Gasteiger partial charge in [0, 0.05) is 17.3 Å². The number of carbonyl (C=O) groups excluding carboxylic acids is 1. The summed E-state index contributed by atoms with van der Waals surface area (Å²) in [6, 6.07) is 6.12. The SMILES string of the molecule is Cc1c(NC(C)C2CC3C=CC2C3)cccc1C(N)=O. The maximum absolute atomic E-state index is 11.4. The standard InChI is InChI=1S/C17H22N2O/c1-10-14(17(18)20)4-3-5-16(10)19-11(2)15-9-12-6-7-13(15)8-12/h3-7,11-13,15,19H,8-9H2,1-2H3,(H2,18,20). The number of primary amides is 1. The molecule has 1 aromatic rings. The Morgan fingerprint density at radius 3 is 2.75 bits per heavy atom. The Morgan fingerprint density at radius 1 is 1.35 bits per heavy atom. The van der Waals surface area contributed by atoms with E-state index in [4.69, 9.17) is 5.73 Å². The lowest BCUT2D eigenvalue weighted by Gasteiger charge is -2.28. The number of rotatable bonds is 4. The van der Waals surface area contributed by atoms with Gasteiger partial charge in [-0.05, 0) is 62.1 Å². The Balaban J connectivity index is 1.76. The van der Waals surface area contributed by atoms with Gasteiger partial charge in [-0.2, -0.15) is 0 Å². The molecule has 0 spiro atoms. The van der Waals surface area contributed by atoms with E-state index in [-0.39, 0.29) is 5.91 Å². The van der Waals surface area contributed by atoms with E-state index in [1.807, 2.05) is 19.1 Å². The summed E-state index contributed by atoms with van der Waals surface area (Å²) >= 11 is 0. The molecule has 3 N–H and O–H groups in total. The molecule has 0 aromatic heterocycles. The lowest BCUT2D eigenvalue weighted by molar-refractivity contribution is 0.1000. The second kappa shape index (κ2) is 4.97. The highest BCUT2D eigenvalue weighted by atomic mass is 16.1. The van der Waals surface area contributed by atoms with Crippen LogP contribution in [0.25, 0.3) is 0 Å². The van der Waals surface area contributed by atoms with E-state index in [0.29, 0.717) is 17.5 Å². The maximum atomic E-state index is 11.4. The summed E-state index contributed by atoms with van der Waals surface area (Å²) in [6.45, 7) is 4.20. The Hall–Kier alpha value is -1.77. The van der Waals surface area contributed by atoms with E-state index in [9.17, 15) is 4.79 Å². The fraction of sp³-hybridized carbons (Fsp3) is 0.471. The van der Waals surface area contributed by atoms with Crippen molar-refractivity contribution in [2.75, 3.05) is 5.32 Å². The van der Waals surface area contributed by atoms with Crippen molar-refractivity contribution in [3.8, 4) is 0 Å². The number of hydrogen-bond acceptors (Lipinski definition) is 2. The van der Waals surface area contributed by atoms with Crippen LogP contribution in [0.1, 0.15) is 35.7 Å². The fourth-order valence-electron chi connectivity index (χ4n) is 3.81. The quantitative estimate of drug-likeness (QED) is 0.826. The van der Waals surface area contributed by atoms with E-state index < -0.39 is 0 Å². The molecule has 1 amide bonds. The molecule has 2 aliphatic rings. The van der Waals surface area contributed by atoms with Gasteiger partial charge in [0.1, 0.15) is 0 Å². The first-order valence-corrected chi connectivity index (χ1v) is 7.40. The normalized spacial score (nSPS) is 28.6. The molecule has 2 aliphatic carbocycles. The van der Waals surface area contributed by atoms with Crippen molar-refractivity contribution in [3.05, 3.63) is 41.5 Å². The molecule has 0 aliphatic heterocycles. The Morgan fingerprint density at radius 2 is 2.15 bits per heavy atom. The summed E-state index contributed by atoms with van der Waals surface area (Å²) in [5.41, 5.74) is 7.99. The summed E-state index contributed by atoms with van der Waals surface area (Å²) in [7, 11) is 0. The molecule has 106 valence electrons. The van der Waals surface area contributed by atoms with Crippen molar-refractivity contribution in [1.82, 2.24) is 0 Å². The van der Waals surface area contributed by atoms with Crippen LogP contribution in [0.4, 0.5) is 5.69 Å². The molecular formula is C17H22N2O. The van der Waals surface area contributed by atoms with Gasteiger partial charge >= 0.3 is 0 Å². The molecule has 1 aromatic carbocycles. The maximum Gasteiger partial charge on any atom is 0.249 e. The molecular weight excluding hydrogens is 248 g/mol. The Kier molecular flexibility index (Phi) is 3.28. The Bertz CT molecular complexity index is 564. The van der Waals surface area contributed by atoms with Gasteiger partial charge in [-0.3, -0.25) is 4.79 Å². The van der Waals surface area contributed by atoms with Crippen LogP contribution < -0.4 is 11.1 Å². The molecule has 20 heavy (non-hydrogen) atoms. The van der Waals surface area contributed by atoms with Crippen molar-refractivity contribution >= 4 is 11.6 Å². The van der Waals surface area contributed by atoms with E-state index in [1.165, 1.54) is 12.8 Å². The van der Waals surface area contributed by atoms with E-state index in [2.05, 4.69) is 24.4 Å². The summed E-state index contributed by atoms with van der Waals surface area (Å²) in [4.78, 5) is 11.4.